The van der Waals surface area contributed by atoms with Gasteiger partial charge >= 0.3 is 5.97 Å². The number of aliphatic carboxylic acids is 1. The van der Waals surface area contributed by atoms with Crippen LogP contribution in [0, 0.1) is 0 Å². The standard InChI is InChI=1S/C8H10N2O3/c1-8(2,7(12)13)5-3-6(11)10-4-9-5/h3-4H,1-2H3,(H,12,13)(H,9,10,11). The maximum atomic E-state index is 10.9. The van der Waals surface area contributed by atoms with Gasteiger partial charge in [0, 0.05) is 6.07 Å². The van der Waals surface area contributed by atoms with Gasteiger partial charge in [0.15, 0.2) is 0 Å². The van der Waals surface area contributed by atoms with Crippen LogP contribution in [0.3, 0.4) is 0 Å². The van der Waals surface area contributed by atoms with Crippen molar-refractivity contribution in [3.8, 4) is 0 Å². The zero-order valence-corrected chi connectivity index (χ0v) is 7.37. The van der Waals surface area contributed by atoms with E-state index in [4.69, 9.17) is 5.11 Å². The van der Waals surface area contributed by atoms with Gasteiger partial charge in [-0.05, 0) is 13.8 Å². The molecule has 2 N–H and O–H groups in total. The van der Waals surface area contributed by atoms with Crippen LogP contribution in [0.2, 0.25) is 0 Å². The lowest BCUT2D eigenvalue weighted by Gasteiger charge is -2.17. The first-order chi connectivity index (χ1) is 5.94. The third-order valence-electron chi connectivity index (χ3n) is 1.85. The second-order valence-corrected chi connectivity index (χ2v) is 3.23. The van der Waals surface area contributed by atoms with Crippen molar-refractivity contribution in [3.63, 3.8) is 0 Å². The highest BCUT2D eigenvalue weighted by Crippen LogP contribution is 2.19. The molecule has 0 saturated carbocycles. The van der Waals surface area contributed by atoms with E-state index in [9.17, 15) is 9.59 Å². The van der Waals surface area contributed by atoms with Gasteiger partial charge in [-0.1, -0.05) is 0 Å². The molecule has 0 atom stereocenters. The minimum absolute atomic E-state index is 0.253. The summed E-state index contributed by atoms with van der Waals surface area (Å²) in [4.78, 5) is 27.8. The lowest BCUT2D eigenvalue weighted by atomic mass is 9.89. The van der Waals surface area contributed by atoms with Gasteiger partial charge < -0.3 is 10.1 Å². The number of aromatic amines is 1. The Morgan fingerprint density at radius 1 is 1.62 bits per heavy atom. The van der Waals surface area contributed by atoms with Crippen molar-refractivity contribution in [1.29, 1.82) is 0 Å². The summed E-state index contributed by atoms with van der Waals surface area (Å²) in [6.07, 6.45) is 1.20. The van der Waals surface area contributed by atoms with Gasteiger partial charge in [-0.15, -0.1) is 0 Å². The molecule has 0 spiro atoms. The number of aromatic nitrogens is 2. The van der Waals surface area contributed by atoms with E-state index in [1.807, 2.05) is 0 Å². The average molecular weight is 182 g/mol. The molecular weight excluding hydrogens is 172 g/mol. The van der Waals surface area contributed by atoms with Crippen LogP contribution < -0.4 is 5.56 Å². The number of carboxylic acid groups (broad SMARTS) is 1. The monoisotopic (exact) mass is 182 g/mol. The molecule has 0 bridgehead atoms. The Morgan fingerprint density at radius 2 is 2.23 bits per heavy atom. The van der Waals surface area contributed by atoms with E-state index in [-0.39, 0.29) is 11.3 Å². The van der Waals surface area contributed by atoms with Crippen molar-refractivity contribution in [1.82, 2.24) is 9.97 Å². The van der Waals surface area contributed by atoms with Crippen molar-refractivity contribution in [3.05, 3.63) is 28.4 Å². The zero-order valence-electron chi connectivity index (χ0n) is 7.37. The van der Waals surface area contributed by atoms with Gasteiger partial charge in [-0.25, -0.2) is 4.98 Å². The molecule has 0 aliphatic heterocycles. The summed E-state index contributed by atoms with van der Waals surface area (Å²) in [5, 5.41) is 8.83. The molecule has 70 valence electrons. The molecule has 0 unspecified atom stereocenters. The van der Waals surface area contributed by atoms with Crippen molar-refractivity contribution >= 4 is 5.97 Å². The number of H-pyrrole nitrogens is 1. The minimum Gasteiger partial charge on any atom is -0.481 e. The van der Waals surface area contributed by atoms with Gasteiger partial charge in [0.1, 0.15) is 5.41 Å². The number of nitrogens with one attached hydrogen (secondary N) is 1. The first-order valence-corrected chi connectivity index (χ1v) is 3.73. The van der Waals surface area contributed by atoms with Crippen LogP contribution in [0.4, 0.5) is 0 Å². The molecule has 0 fully saturated rings. The Bertz CT molecular complexity index is 381. The van der Waals surface area contributed by atoms with Crippen LogP contribution in [-0.2, 0) is 10.2 Å². The maximum absolute atomic E-state index is 10.9. The van der Waals surface area contributed by atoms with Crippen molar-refractivity contribution < 1.29 is 9.90 Å². The van der Waals surface area contributed by atoms with E-state index in [2.05, 4.69) is 9.97 Å². The summed E-state index contributed by atoms with van der Waals surface area (Å²) < 4.78 is 0. The minimum atomic E-state index is -1.13. The summed E-state index contributed by atoms with van der Waals surface area (Å²) in [7, 11) is 0. The lowest BCUT2D eigenvalue weighted by Crippen LogP contribution is -2.31. The Morgan fingerprint density at radius 3 is 2.69 bits per heavy atom. The SMILES string of the molecule is CC(C)(C(=O)O)c1cc(=O)[nH]cn1. The van der Waals surface area contributed by atoms with E-state index in [0.717, 1.165) is 0 Å². The van der Waals surface area contributed by atoms with E-state index in [1.165, 1.54) is 26.2 Å². The zero-order chi connectivity index (χ0) is 10.1. The molecule has 5 heteroatoms. The van der Waals surface area contributed by atoms with E-state index >= 15 is 0 Å². The Kier molecular flexibility index (Phi) is 2.18. The van der Waals surface area contributed by atoms with Gasteiger partial charge in [0.05, 0.1) is 12.0 Å². The van der Waals surface area contributed by atoms with Crippen LogP contribution >= 0.6 is 0 Å². The molecule has 1 rings (SSSR count). The van der Waals surface area contributed by atoms with E-state index < -0.39 is 11.4 Å². The predicted molar refractivity (Wildman–Crippen MR) is 45.5 cm³/mol. The van der Waals surface area contributed by atoms with Gasteiger partial charge in [-0.3, -0.25) is 9.59 Å². The number of carbonyl (C=O) groups is 1. The van der Waals surface area contributed by atoms with Crippen LogP contribution in [-0.4, -0.2) is 21.0 Å². The van der Waals surface area contributed by atoms with Crippen molar-refractivity contribution in [2.24, 2.45) is 0 Å². The molecule has 0 aromatic carbocycles. The smallest absolute Gasteiger partial charge is 0.315 e. The summed E-state index contributed by atoms with van der Waals surface area (Å²) in [6.45, 7) is 2.99. The van der Waals surface area contributed by atoms with E-state index in [0.29, 0.717) is 0 Å². The summed E-state index contributed by atoms with van der Waals surface area (Å²) >= 11 is 0. The molecule has 0 saturated heterocycles. The fraction of sp³-hybridized carbons (Fsp3) is 0.375. The topological polar surface area (TPSA) is 83.0 Å². The fourth-order valence-electron chi connectivity index (χ4n) is 0.820. The normalized spacial score (nSPS) is 11.2. The second kappa shape index (κ2) is 3.01. The quantitative estimate of drug-likeness (QED) is 0.681. The summed E-state index contributed by atoms with van der Waals surface area (Å²) in [5.74, 6) is -1.01. The number of hydrogen-bond acceptors (Lipinski definition) is 3. The lowest BCUT2D eigenvalue weighted by molar-refractivity contribution is -0.142. The fourth-order valence-corrected chi connectivity index (χ4v) is 0.820. The number of nitrogens with zero attached hydrogens (tertiary/aromatic N) is 1. The van der Waals surface area contributed by atoms with Crippen molar-refractivity contribution in [2.75, 3.05) is 0 Å². The number of hydrogen-bond donors (Lipinski definition) is 2. The molecule has 1 aromatic rings. The molecule has 0 aliphatic rings. The van der Waals surface area contributed by atoms with Crippen LogP contribution in [0.1, 0.15) is 19.5 Å². The van der Waals surface area contributed by atoms with Gasteiger partial charge in [-0.2, -0.15) is 0 Å². The molecule has 0 radical (unpaired) electrons. The van der Waals surface area contributed by atoms with Gasteiger partial charge in [0.2, 0.25) is 0 Å². The van der Waals surface area contributed by atoms with E-state index in [1.54, 1.807) is 0 Å². The Hall–Kier alpha value is -1.65. The first kappa shape index (κ1) is 9.44. The molecule has 1 aromatic heterocycles. The third kappa shape index (κ3) is 1.74. The maximum Gasteiger partial charge on any atom is 0.315 e. The van der Waals surface area contributed by atoms with Crippen molar-refractivity contribution in [2.45, 2.75) is 19.3 Å². The third-order valence-corrected chi connectivity index (χ3v) is 1.85. The molecular formula is C8H10N2O3. The molecule has 0 amide bonds. The molecule has 13 heavy (non-hydrogen) atoms. The average Bonchev–Trinajstić information content (AvgIpc) is 2.04. The predicted octanol–water partition coefficient (Wildman–Crippen LogP) is 0.132. The Balaban J connectivity index is 3.22. The molecule has 1 heterocycles. The van der Waals surface area contributed by atoms with Gasteiger partial charge in [0.25, 0.3) is 5.56 Å². The highest BCUT2D eigenvalue weighted by atomic mass is 16.4. The largest absolute Gasteiger partial charge is 0.481 e. The molecule has 5 nitrogen and oxygen atoms in total. The highest BCUT2D eigenvalue weighted by molar-refractivity contribution is 5.79. The first-order valence-electron chi connectivity index (χ1n) is 3.73. The number of carboxylic acids is 1. The highest BCUT2D eigenvalue weighted by Gasteiger charge is 2.31. The van der Waals surface area contributed by atoms with Crippen LogP contribution in [0.25, 0.3) is 0 Å². The molecule has 0 aliphatic carbocycles. The van der Waals surface area contributed by atoms with Crippen LogP contribution in [0.15, 0.2) is 17.2 Å². The summed E-state index contributed by atoms with van der Waals surface area (Å²) in [5.41, 5.74) is -1.23. The Labute approximate surface area is 74.4 Å². The number of rotatable bonds is 2. The van der Waals surface area contributed by atoms with Crippen LogP contribution in [0.5, 0.6) is 0 Å². The summed E-state index contributed by atoms with van der Waals surface area (Å²) in [6, 6.07) is 1.19. The second-order valence-electron chi connectivity index (χ2n) is 3.23.